The number of hydrogen-bond acceptors (Lipinski definition) is 6. The van der Waals surface area contributed by atoms with Gasteiger partial charge in [-0.1, -0.05) is 30.0 Å². The van der Waals surface area contributed by atoms with Crippen LogP contribution in [0.15, 0.2) is 52.2 Å². The van der Waals surface area contributed by atoms with Crippen LogP contribution in [-0.4, -0.2) is 50.3 Å². The molecule has 2 amide bonds. The van der Waals surface area contributed by atoms with Gasteiger partial charge in [-0.25, -0.2) is 0 Å². The Labute approximate surface area is 178 Å². The molecule has 1 aliphatic heterocycles. The smallest absolute Gasteiger partial charge is 0.233 e. The number of primary amides is 1. The Balaban J connectivity index is 1.52. The summed E-state index contributed by atoms with van der Waals surface area (Å²) >= 11 is 1.35. The molecule has 0 spiro atoms. The minimum Gasteiger partial charge on any atom is -0.469 e. The largest absolute Gasteiger partial charge is 0.469 e. The molecule has 30 heavy (non-hydrogen) atoms. The quantitative estimate of drug-likeness (QED) is 0.609. The summed E-state index contributed by atoms with van der Waals surface area (Å²) in [6.45, 7) is 2.99. The van der Waals surface area contributed by atoms with E-state index in [0.29, 0.717) is 36.9 Å². The summed E-state index contributed by atoms with van der Waals surface area (Å²) < 4.78 is 7.38. The third-order valence-electron chi connectivity index (χ3n) is 5.32. The fourth-order valence-electron chi connectivity index (χ4n) is 3.60. The van der Waals surface area contributed by atoms with Crippen LogP contribution in [0, 0.1) is 12.8 Å². The Morgan fingerprint density at radius 2 is 1.90 bits per heavy atom. The third kappa shape index (κ3) is 4.11. The number of rotatable bonds is 6. The summed E-state index contributed by atoms with van der Waals surface area (Å²) in [7, 11) is 0. The van der Waals surface area contributed by atoms with E-state index in [9.17, 15) is 9.59 Å². The van der Waals surface area contributed by atoms with E-state index < -0.39 is 0 Å². The van der Waals surface area contributed by atoms with Crippen molar-refractivity contribution in [3.8, 4) is 17.1 Å². The number of nitrogens with zero attached hydrogens (tertiary/aromatic N) is 4. The molecule has 0 aliphatic carbocycles. The maximum atomic E-state index is 12.7. The van der Waals surface area contributed by atoms with Crippen LogP contribution in [-0.2, 0) is 9.59 Å². The van der Waals surface area contributed by atoms with Crippen molar-refractivity contribution >= 4 is 23.6 Å². The lowest BCUT2D eigenvalue weighted by Crippen LogP contribution is -2.42. The van der Waals surface area contributed by atoms with Gasteiger partial charge in [-0.15, -0.1) is 10.2 Å². The van der Waals surface area contributed by atoms with Crippen LogP contribution in [0.3, 0.4) is 0 Å². The zero-order chi connectivity index (χ0) is 21.1. The molecular formula is C21H23N5O3S. The lowest BCUT2D eigenvalue weighted by Gasteiger charge is -2.30. The number of amides is 2. The lowest BCUT2D eigenvalue weighted by atomic mass is 9.96. The Morgan fingerprint density at radius 1 is 1.17 bits per heavy atom. The summed E-state index contributed by atoms with van der Waals surface area (Å²) in [5.41, 5.74) is 7.15. The first-order valence-electron chi connectivity index (χ1n) is 9.80. The second kappa shape index (κ2) is 8.74. The molecule has 1 saturated heterocycles. The monoisotopic (exact) mass is 425 g/mol. The number of para-hydroxylation sites is 1. The van der Waals surface area contributed by atoms with Crippen LogP contribution >= 0.6 is 11.8 Å². The standard InChI is InChI=1S/C21H23N5O3S/c1-14-17(9-12-29-14)20-23-24-21(26(20)16-5-3-2-4-6-16)30-13-18(27)25-10-7-15(8-11-25)19(22)28/h2-6,9,12,15H,7-8,10-11,13H2,1H3,(H2,22,28). The average molecular weight is 426 g/mol. The van der Waals surface area contributed by atoms with Crippen LogP contribution in [0.5, 0.6) is 0 Å². The Morgan fingerprint density at radius 3 is 2.53 bits per heavy atom. The molecule has 0 radical (unpaired) electrons. The highest BCUT2D eigenvalue weighted by Crippen LogP contribution is 2.30. The van der Waals surface area contributed by atoms with Crippen LogP contribution in [0.25, 0.3) is 17.1 Å². The molecule has 0 saturated carbocycles. The fourth-order valence-corrected chi connectivity index (χ4v) is 4.45. The molecule has 9 heteroatoms. The fraction of sp³-hybridized carbons (Fsp3) is 0.333. The predicted molar refractivity (Wildman–Crippen MR) is 113 cm³/mol. The van der Waals surface area contributed by atoms with Crippen molar-refractivity contribution in [2.75, 3.05) is 18.8 Å². The highest BCUT2D eigenvalue weighted by atomic mass is 32.2. The number of aromatic nitrogens is 3. The van der Waals surface area contributed by atoms with Gasteiger partial charge in [0.15, 0.2) is 11.0 Å². The molecule has 1 aromatic carbocycles. The number of likely N-dealkylation sites (tertiary alicyclic amines) is 1. The van der Waals surface area contributed by atoms with Crippen LogP contribution in [0.1, 0.15) is 18.6 Å². The van der Waals surface area contributed by atoms with Crippen molar-refractivity contribution in [1.29, 1.82) is 0 Å². The van der Waals surface area contributed by atoms with E-state index in [4.69, 9.17) is 10.2 Å². The molecule has 8 nitrogen and oxygen atoms in total. The number of carbonyl (C=O) groups excluding carboxylic acids is 2. The van der Waals surface area contributed by atoms with E-state index in [0.717, 1.165) is 17.0 Å². The topological polar surface area (TPSA) is 107 Å². The predicted octanol–water partition coefficient (Wildman–Crippen LogP) is 2.65. The molecule has 2 aromatic heterocycles. The number of piperidine rings is 1. The molecule has 3 heterocycles. The summed E-state index contributed by atoms with van der Waals surface area (Å²) in [5, 5.41) is 9.35. The number of nitrogens with two attached hydrogens (primary N) is 1. The van der Waals surface area contributed by atoms with E-state index in [1.165, 1.54) is 11.8 Å². The highest BCUT2D eigenvalue weighted by molar-refractivity contribution is 7.99. The van der Waals surface area contributed by atoms with Crippen molar-refractivity contribution in [2.24, 2.45) is 11.7 Å². The first-order chi connectivity index (χ1) is 14.5. The van der Waals surface area contributed by atoms with Gasteiger partial charge >= 0.3 is 0 Å². The number of benzene rings is 1. The first-order valence-corrected chi connectivity index (χ1v) is 10.8. The van der Waals surface area contributed by atoms with Gasteiger partial charge in [-0.05, 0) is 38.0 Å². The van der Waals surface area contributed by atoms with E-state index in [1.807, 2.05) is 47.9 Å². The summed E-state index contributed by atoms with van der Waals surface area (Å²) in [5.74, 6) is 1.27. The second-order valence-electron chi connectivity index (χ2n) is 7.21. The number of carbonyl (C=O) groups is 2. The second-order valence-corrected chi connectivity index (χ2v) is 8.16. The zero-order valence-corrected chi connectivity index (χ0v) is 17.5. The van der Waals surface area contributed by atoms with E-state index >= 15 is 0 Å². The highest BCUT2D eigenvalue weighted by Gasteiger charge is 2.26. The molecule has 1 fully saturated rings. The van der Waals surface area contributed by atoms with Crippen LogP contribution < -0.4 is 5.73 Å². The minimum absolute atomic E-state index is 0.0200. The molecule has 0 unspecified atom stereocenters. The maximum Gasteiger partial charge on any atom is 0.233 e. The average Bonchev–Trinajstić information content (AvgIpc) is 3.38. The Kier molecular flexibility index (Phi) is 5.89. The Hall–Kier alpha value is -3.07. The lowest BCUT2D eigenvalue weighted by molar-refractivity contribution is -0.132. The van der Waals surface area contributed by atoms with Crippen molar-refractivity contribution in [2.45, 2.75) is 24.9 Å². The van der Waals surface area contributed by atoms with Crippen molar-refractivity contribution in [3.63, 3.8) is 0 Å². The van der Waals surface area contributed by atoms with Gasteiger partial charge in [0, 0.05) is 24.7 Å². The van der Waals surface area contributed by atoms with Crippen molar-refractivity contribution < 1.29 is 14.0 Å². The van der Waals surface area contributed by atoms with Crippen molar-refractivity contribution in [1.82, 2.24) is 19.7 Å². The van der Waals surface area contributed by atoms with E-state index in [1.54, 1.807) is 11.2 Å². The van der Waals surface area contributed by atoms with Crippen molar-refractivity contribution in [3.05, 3.63) is 48.4 Å². The zero-order valence-electron chi connectivity index (χ0n) is 16.7. The first kappa shape index (κ1) is 20.2. The van der Waals surface area contributed by atoms with Gasteiger partial charge in [-0.3, -0.25) is 14.2 Å². The van der Waals surface area contributed by atoms with Gasteiger partial charge in [0.1, 0.15) is 5.76 Å². The number of thioether (sulfide) groups is 1. The van der Waals surface area contributed by atoms with Gasteiger partial charge < -0.3 is 15.1 Å². The maximum absolute atomic E-state index is 12.7. The number of hydrogen-bond donors (Lipinski definition) is 1. The van der Waals surface area contributed by atoms with Gasteiger partial charge in [0.25, 0.3) is 0 Å². The minimum atomic E-state index is -0.283. The molecule has 1 aliphatic rings. The SMILES string of the molecule is Cc1occc1-c1nnc(SCC(=O)N2CCC(C(N)=O)CC2)n1-c1ccccc1. The molecule has 3 aromatic rings. The molecule has 0 bridgehead atoms. The van der Waals surface area contributed by atoms with Gasteiger partial charge in [-0.2, -0.15) is 0 Å². The summed E-state index contributed by atoms with van der Waals surface area (Å²) in [6, 6.07) is 11.7. The summed E-state index contributed by atoms with van der Waals surface area (Å²) in [6.07, 6.45) is 2.87. The van der Waals surface area contributed by atoms with Crippen LogP contribution in [0.4, 0.5) is 0 Å². The molecule has 4 rings (SSSR count). The normalized spacial score (nSPS) is 14.8. The van der Waals surface area contributed by atoms with E-state index in [2.05, 4.69) is 10.2 Å². The van der Waals surface area contributed by atoms with E-state index in [-0.39, 0.29) is 23.5 Å². The summed E-state index contributed by atoms with van der Waals surface area (Å²) in [4.78, 5) is 25.8. The number of aryl methyl sites for hydroxylation is 1. The van der Waals surface area contributed by atoms with Crippen LogP contribution in [0.2, 0.25) is 0 Å². The molecular weight excluding hydrogens is 402 g/mol. The van der Waals surface area contributed by atoms with Gasteiger partial charge in [0.2, 0.25) is 11.8 Å². The van der Waals surface area contributed by atoms with Gasteiger partial charge in [0.05, 0.1) is 17.6 Å². The Bertz CT molecular complexity index is 1040. The molecule has 156 valence electrons. The number of furan rings is 1. The third-order valence-corrected chi connectivity index (χ3v) is 6.24. The molecule has 2 N–H and O–H groups in total. The molecule has 0 atom stereocenters.